The Balaban J connectivity index is 0.00000256. The lowest BCUT2D eigenvalue weighted by molar-refractivity contribution is 0.179. The molecule has 0 bridgehead atoms. The number of rotatable bonds is 5. The average Bonchev–Trinajstić information content (AvgIpc) is 2.61. The molecule has 1 heterocycles. The number of hydrogen-bond acceptors (Lipinski definition) is 4. The first-order valence-corrected chi connectivity index (χ1v) is 5.09. The SMILES string of the molecule is COCC(C)NC(N)=NCc1cc(C)on1.I. The van der Waals surface area contributed by atoms with Crippen molar-refractivity contribution in [2.45, 2.75) is 26.4 Å². The normalized spacial score (nSPS) is 13.0. The number of ether oxygens (including phenoxy) is 1. The van der Waals surface area contributed by atoms with E-state index in [9.17, 15) is 0 Å². The van der Waals surface area contributed by atoms with Gasteiger partial charge in [-0.25, -0.2) is 4.99 Å². The molecule has 6 nitrogen and oxygen atoms in total. The van der Waals surface area contributed by atoms with Crippen molar-refractivity contribution in [1.82, 2.24) is 10.5 Å². The molecule has 0 fully saturated rings. The quantitative estimate of drug-likeness (QED) is 0.469. The minimum atomic E-state index is 0. The average molecular weight is 354 g/mol. The van der Waals surface area contributed by atoms with E-state index in [1.54, 1.807) is 7.11 Å². The van der Waals surface area contributed by atoms with Crippen LogP contribution in [0.5, 0.6) is 0 Å². The predicted octanol–water partition coefficient (Wildman–Crippen LogP) is 1.04. The summed E-state index contributed by atoms with van der Waals surface area (Å²) in [5.41, 5.74) is 6.45. The maximum Gasteiger partial charge on any atom is 0.189 e. The first kappa shape index (κ1) is 16.2. The first-order valence-electron chi connectivity index (χ1n) is 5.09. The zero-order valence-electron chi connectivity index (χ0n) is 10.3. The summed E-state index contributed by atoms with van der Waals surface area (Å²) in [6.07, 6.45) is 0. The van der Waals surface area contributed by atoms with Gasteiger partial charge in [0.05, 0.1) is 13.2 Å². The van der Waals surface area contributed by atoms with Crippen LogP contribution in [0.1, 0.15) is 18.4 Å². The highest BCUT2D eigenvalue weighted by Crippen LogP contribution is 2.02. The van der Waals surface area contributed by atoms with Gasteiger partial charge in [-0.15, -0.1) is 24.0 Å². The highest BCUT2D eigenvalue weighted by Gasteiger charge is 2.02. The summed E-state index contributed by atoms with van der Waals surface area (Å²) in [6, 6.07) is 1.96. The third-order valence-electron chi connectivity index (χ3n) is 1.90. The van der Waals surface area contributed by atoms with E-state index in [1.165, 1.54) is 0 Å². The van der Waals surface area contributed by atoms with E-state index in [0.29, 0.717) is 19.1 Å². The lowest BCUT2D eigenvalue weighted by atomic mass is 10.4. The smallest absolute Gasteiger partial charge is 0.189 e. The molecule has 1 atom stereocenters. The summed E-state index contributed by atoms with van der Waals surface area (Å²) in [4.78, 5) is 4.14. The lowest BCUT2D eigenvalue weighted by Crippen LogP contribution is -2.40. The van der Waals surface area contributed by atoms with Crippen LogP contribution in [0, 0.1) is 6.92 Å². The van der Waals surface area contributed by atoms with Crippen molar-refractivity contribution in [1.29, 1.82) is 0 Å². The summed E-state index contributed by atoms with van der Waals surface area (Å²) < 4.78 is 9.89. The molecule has 1 unspecified atom stereocenters. The Kier molecular flexibility index (Phi) is 7.88. The minimum absolute atomic E-state index is 0. The molecule has 0 aliphatic carbocycles. The van der Waals surface area contributed by atoms with Gasteiger partial charge in [-0.2, -0.15) is 0 Å². The number of aliphatic imine (C=N–C) groups is 1. The van der Waals surface area contributed by atoms with Crippen LogP contribution >= 0.6 is 24.0 Å². The third kappa shape index (κ3) is 6.47. The van der Waals surface area contributed by atoms with Gasteiger partial charge in [0.2, 0.25) is 0 Å². The Morgan fingerprint density at radius 3 is 2.94 bits per heavy atom. The van der Waals surface area contributed by atoms with Crippen LogP contribution in [0.4, 0.5) is 0 Å². The number of nitrogens with two attached hydrogens (primary N) is 1. The highest BCUT2D eigenvalue weighted by atomic mass is 127. The summed E-state index contributed by atoms with van der Waals surface area (Å²) >= 11 is 0. The maximum atomic E-state index is 5.68. The van der Waals surface area contributed by atoms with E-state index >= 15 is 0 Å². The molecule has 0 aliphatic heterocycles. The van der Waals surface area contributed by atoms with E-state index in [1.807, 2.05) is 19.9 Å². The van der Waals surface area contributed by atoms with E-state index in [2.05, 4.69) is 15.5 Å². The summed E-state index contributed by atoms with van der Waals surface area (Å²) in [5.74, 6) is 1.15. The molecule has 17 heavy (non-hydrogen) atoms. The summed E-state index contributed by atoms with van der Waals surface area (Å²) in [6.45, 7) is 4.80. The second-order valence-corrected chi connectivity index (χ2v) is 3.63. The number of halogens is 1. The van der Waals surface area contributed by atoms with Crippen molar-refractivity contribution in [3.63, 3.8) is 0 Å². The summed E-state index contributed by atoms with van der Waals surface area (Å²) in [7, 11) is 1.64. The topological polar surface area (TPSA) is 85.7 Å². The highest BCUT2D eigenvalue weighted by molar-refractivity contribution is 14.0. The molecule has 1 aromatic heterocycles. The fourth-order valence-electron chi connectivity index (χ4n) is 1.25. The van der Waals surface area contributed by atoms with Gasteiger partial charge in [0.1, 0.15) is 11.5 Å². The van der Waals surface area contributed by atoms with Crippen molar-refractivity contribution >= 4 is 29.9 Å². The van der Waals surface area contributed by atoms with Gasteiger partial charge in [-0.05, 0) is 13.8 Å². The maximum absolute atomic E-state index is 5.68. The van der Waals surface area contributed by atoms with Gasteiger partial charge in [-0.1, -0.05) is 5.16 Å². The predicted molar refractivity (Wildman–Crippen MR) is 76.5 cm³/mol. The molecule has 0 radical (unpaired) electrons. The molecule has 1 aromatic rings. The lowest BCUT2D eigenvalue weighted by Gasteiger charge is -2.12. The van der Waals surface area contributed by atoms with E-state index in [0.717, 1.165) is 11.5 Å². The molecule has 0 aromatic carbocycles. The largest absolute Gasteiger partial charge is 0.383 e. The Labute approximate surface area is 118 Å². The van der Waals surface area contributed by atoms with Gasteiger partial charge < -0.3 is 20.3 Å². The molecule has 7 heteroatoms. The third-order valence-corrected chi connectivity index (χ3v) is 1.90. The van der Waals surface area contributed by atoms with Gasteiger partial charge >= 0.3 is 0 Å². The van der Waals surface area contributed by atoms with Gasteiger partial charge in [0.15, 0.2) is 5.96 Å². The molecule has 0 amide bonds. The number of aryl methyl sites for hydroxylation is 1. The van der Waals surface area contributed by atoms with E-state index in [4.69, 9.17) is 15.0 Å². The Hall–Kier alpha value is -0.830. The number of guanidine groups is 1. The van der Waals surface area contributed by atoms with Gasteiger partial charge in [0.25, 0.3) is 0 Å². The molecule has 0 saturated carbocycles. The van der Waals surface area contributed by atoms with Crippen LogP contribution in [-0.2, 0) is 11.3 Å². The first-order chi connectivity index (χ1) is 7.61. The number of nitrogens with zero attached hydrogens (tertiary/aromatic N) is 2. The van der Waals surface area contributed by atoms with E-state index in [-0.39, 0.29) is 30.0 Å². The molecular formula is C10H19IN4O2. The standard InChI is InChI=1S/C10H18N4O2.HI/c1-7(6-15-3)13-10(11)12-5-9-4-8(2)16-14-9;/h4,7H,5-6H2,1-3H3,(H3,11,12,13);1H. The van der Waals surface area contributed by atoms with Crippen LogP contribution in [0.15, 0.2) is 15.6 Å². The molecule has 0 aliphatic rings. The zero-order chi connectivity index (χ0) is 12.0. The Morgan fingerprint density at radius 1 is 1.71 bits per heavy atom. The number of hydrogen-bond donors (Lipinski definition) is 2. The van der Waals surface area contributed by atoms with E-state index < -0.39 is 0 Å². The van der Waals surface area contributed by atoms with Gasteiger partial charge in [-0.3, -0.25) is 0 Å². The zero-order valence-corrected chi connectivity index (χ0v) is 12.6. The summed E-state index contributed by atoms with van der Waals surface area (Å²) in [5, 5.41) is 6.82. The van der Waals surface area contributed by atoms with Crippen LogP contribution in [0.25, 0.3) is 0 Å². The fourth-order valence-corrected chi connectivity index (χ4v) is 1.25. The molecule has 98 valence electrons. The Morgan fingerprint density at radius 2 is 2.41 bits per heavy atom. The van der Waals surface area contributed by atoms with Crippen molar-refractivity contribution in [2.75, 3.05) is 13.7 Å². The molecule has 0 spiro atoms. The Bertz CT molecular complexity index is 354. The van der Waals surface area contributed by atoms with Gasteiger partial charge in [0, 0.05) is 19.2 Å². The van der Waals surface area contributed by atoms with Crippen LogP contribution in [-0.4, -0.2) is 30.9 Å². The molecule has 1 rings (SSSR count). The fraction of sp³-hybridized carbons (Fsp3) is 0.600. The number of nitrogens with one attached hydrogen (secondary N) is 1. The minimum Gasteiger partial charge on any atom is -0.383 e. The molecule has 3 N–H and O–H groups in total. The second-order valence-electron chi connectivity index (χ2n) is 3.63. The molecule has 0 saturated heterocycles. The van der Waals surface area contributed by atoms with Crippen LogP contribution in [0.3, 0.4) is 0 Å². The van der Waals surface area contributed by atoms with Crippen molar-refractivity contribution in [2.24, 2.45) is 10.7 Å². The molecular weight excluding hydrogens is 335 g/mol. The monoisotopic (exact) mass is 354 g/mol. The number of aromatic nitrogens is 1. The van der Waals surface area contributed by atoms with Crippen molar-refractivity contribution < 1.29 is 9.26 Å². The van der Waals surface area contributed by atoms with Crippen LogP contribution in [0.2, 0.25) is 0 Å². The van der Waals surface area contributed by atoms with Crippen molar-refractivity contribution in [3.8, 4) is 0 Å². The van der Waals surface area contributed by atoms with Crippen molar-refractivity contribution in [3.05, 3.63) is 17.5 Å². The number of methoxy groups -OCH3 is 1. The second kappa shape index (κ2) is 8.29. The van der Waals surface area contributed by atoms with Crippen LogP contribution < -0.4 is 11.1 Å².